The Kier molecular flexibility index (Phi) is 5.21. The second-order valence-corrected chi connectivity index (χ2v) is 6.38. The van der Waals surface area contributed by atoms with Crippen molar-refractivity contribution >= 4 is 29.2 Å². The molecule has 2 amide bonds. The van der Waals surface area contributed by atoms with Gasteiger partial charge in [0.1, 0.15) is 5.82 Å². The summed E-state index contributed by atoms with van der Waals surface area (Å²) >= 11 is 0. The molecule has 0 aliphatic carbocycles. The lowest BCUT2D eigenvalue weighted by Gasteiger charge is -2.20. The molecule has 2 N–H and O–H groups in total. The van der Waals surface area contributed by atoms with Gasteiger partial charge in [0.2, 0.25) is 11.8 Å². The van der Waals surface area contributed by atoms with Crippen LogP contribution in [-0.4, -0.2) is 29.4 Å². The van der Waals surface area contributed by atoms with Crippen LogP contribution in [0.3, 0.4) is 0 Å². The van der Waals surface area contributed by atoms with Gasteiger partial charge in [0, 0.05) is 18.7 Å². The van der Waals surface area contributed by atoms with Crippen molar-refractivity contribution in [2.75, 3.05) is 16.8 Å². The SMILES string of the molecule is CCc1ccccc1N1CC(C(=O)Nc2cc(C(=O)O)ccc2F)CC1=O. The quantitative estimate of drug-likeness (QED) is 0.847. The van der Waals surface area contributed by atoms with Crippen LogP contribution in [0.4, 0.5) is 15.8 Å². The minimum absolute atomic E-state index is 0.0180. The Labute approximate surface area is 155 Å². The fourth-order valence-electron chi connectivity index (χ4n) is 3.18. The number of aromatic carboxylic acids is 1. The molecular weight excluding hydrogens is 351 g/mol. The molecule has 3 rings (SSSR count). The molecule has 0 saturated carbocycles. The first-order valence-electron chi connectivity index (χ1n) is 8.62. The number of para-hydroxylation sites is 1. The van der Waals surface area contributed by atoms with Crippen LogP contribution in [0, 0.1) is 11.7 Å². The van der Waals surface area contributed by atoms with E-state index >= 15 is 0 Å². The van der Waals surface area contributed by atoms with E-state index in [0.717, 1.165) is 35.9 Å². The zero-order valence-corrected chi connectivity index (χ0v) is 14.7. The van der Waals surface area contributed by atoms with Crippen molar-refractivity contribution in [3.05, 3.63) is 59.4 Å². The van der Waals surface area contributed by atoms with Crippen LogP contribution < -0.4 is 10.2 Å². The third kappa shape index (κ3) is 3.81. The molecule has 0 aromatic heterocycles. The van der Waals surface area contributed by atoms with Gasteiger partial charge in [-0.1, -0.05) is 25.1 Å². The molecule has 2 aromatic rings. The fraction of sp³-hybridized carbons (Fsp3) is 0.250. The van der Waals surface area contributed by atoms with E-state index in [2.05, 4.69) is 5.32 Å². The zero-order valence-electron chi connectivity index (χ0n) is 14.7. The van der Waals surface area contributed by atoms with Crippen LogP contribution in [0.15, 0.2) is 42.5 Å². The highest BCUT2D eigenvalue weighted by Crippen LogP contribution is 2.29. The number of amides is 2. The molecule has 1 unspecified atom stereocenters. The number of carbonyl (C=O) groups excluding carboxylic acids is 2. The molecule has 1 fully saturated rings. The summed E-state index contributed by atoms with van der Waals surface area (Å²) in [7, 11) is 0. The summed E-state index contributed by atoms with van der Waals surface area (Å²) in [5, 5.41) is 11.4. The lowest BCUT2D eigenvalue weighted by molar-refractivity contribution is -0.122. The van der Waals surface area contributed by atoms with Gasteiger partial charge >= 0.3 is 5.97 Å². The van der Waals surface area contributed by atoms with E-state index in [1.54, 1.807) is 4.90 Å². The predicted octanol–water partition coefficient (Wildman–Crippen LogP) is 3.08. The number of carboxylic acids is 1. The highest BCUT2D eigenvalue weighted by molar-refractivity contribution is 6.04. The number of nitrogens with one attached hydrogen (secondary N) is 1. The van der Waals surface area contributed by atoms with Crippen molar-refractivity contribution in [2.45, 2.75) is 19.8 Å². The number of rotatable bonds is 5. The molecular formula is C20H19FN2O4. The second-order valence-electron chi connectivity index (χ2n) is 6.38. The normalized spacial score (nSPS) is 16.4. The average molecular weight is 370 g/mol. The predicted molar refractivity (Wildman–Crippen MR) is 98.3 cm³/mol. The van der Waals surface area contributed by atoms with E-state index in [4.69, 9.17) is 5.11 Å². The van der Waals surface area contributed by atoms with Crippen molar-refractivity contribution in [3.63, 3.8) is 0 Å². The van der Waals surface area contributed by atoms with E-state index < -0.39 is 23.6 Å². The molecule has 6 nitrogen and oxygen atoms in total. The third-order valence-electron chi connectivity index (χ3n) is 4.63. The molecule has 0 bridgehead atoms. The van der Waals surface area contributed by atoms with Gasteiger partial charge < -0.3 is 15.3 Å². The Bertz CT molecular complexity index is 913. The summed E-state index contributed by atoms with van der Waals surface area (Å²) in [6.07, 6.45) is 0.772. The minimum Gasteiger partial charge on any atom is -0.478 e. The number of anilines is 2. The monoisotopic (exact) mass is 370 g/mol. The number of aryl methyl sites for hydroxylation is 1. The maximum atomic E-state index is 13.9. The lowest BCUT2D eigenvalue weighted by atomic mass is 10.1. The molecule has 1 aliphatic heterocycles. The Morgan fingerprint density at radius 1 is 1.26 bits per heavy atom. The highest BCUT2D eigenvalue weighted by Gasteiger charge is 2.36. The van der Waals surface area contributed by atoms with Crippen LogP contribution in [0.5, 0.6) is 0 Å². The Morgan fingerprint density at radius 3 is 2.70 bits per heavy atom. The van der Waals surface area contributed by atoms with Gasteiger partial charge in [-0.15, -0.1) is 0 Å². The van der Waals surface area contributed by atoms with Gasteiger partial charge in [0.05, 0.1) is 17.2 Å². The number of hydrogen-bond donors (Lipinski definition) is 2. The van der Waals surface area contributed by atoms with E-state index in [1.807, 2.05) is 31.2 Å². The summed E-state index contributed by atoms with van der Waals surface area (Å²) in [5.74, 6) is -3.28. The number of benzene rings is 2. The topological polar surface area (TPSA) is 86.7 Å². The maximum absolute atomic E-state index is 13.9. The Morgan fingerprint density at radius 2 is 2.00 bits per heavy atom. The average Bonchev–Trinajstić information content (AvgIpc) is 3.05. The van der Waals surface area contributed by atoms with E-state index in [9.17, 15) is 18.8 Å². The zero-order chi connectivity index (χ0) is 19.6. The molecule has 1 heterocycles. The van der Waals surface area contributed by atoms with Crippen LogP contribution >= 0.6 is 0 Å². The smallest absolute Gasteiger partial charge is 0.335 e. The third-order valence-corrected chi connectivity index (χ3v) is 4.63. The van der Waals surface area contributed by atoms with Crippen LogP contribution in [0.2, 0.25) is 0 Å². The fourth-order valence-corrected chi connectivity index (χ4v) is 3.18. The molecule has 0 spiro atoms. The molecule has 7 heteroatoms. The molecule has 2 aromatic carbocycles. The molecule has 140 valence electrons. The number of carbonyl (C=O) groups is 3. The summed E-state index contributed by atoms with van der Waals surface area (Å²) < 4.78 is 13.9. The van der Waals surface area contributed by atoms with E-state index in [0.29, 0.717) is 0 Å². The van der Waals surface area contributed by atoms with Gasteiger partial charge in [-0.05, 0) is 36.2 Å². The lowest BCUT2D eigenvalue weighted by Crippen LogP contribution is -2.29. The van der Waals surface area contributed by atoms with Gasteiger partial charge in [0.25, 0.3) is 0 Å². The minimum atomic E-state index is -1.22. The number of nitrogens with zero attached hydrogens (tertiary/aromatic N) is 1. The molecule has 1 atom stereocenters. The van der Waals surface area contributed by atoms with Crippen molar-refractivity contribution in [1.29, 1.82) is 0 Å². The Balaban J connectivity index is 1.77. The van der Waals surface area contributed by atoms with Gasteiger partial charge in [-0.25, -0.2) is 9.18 Å². The van der Waals surface area contributed by atoms with Crippen molar-refractivity contribution in [2.24, 2.45) is 5.92 Å². The first-order valence-corrected chi connectivity index (χ1v) is 8.62. The Hall–Kier alpha value is -3.22. The first-order chi connectivity index (χ1) is 12.9. The van der Waals surface area contributed by atoms with Gasteiger partial charge in [-0.2, -0.15) is 0 Å². The molecule has 1 saturated heterocycles. The number of hydrogen-bond acceptors (Lipinski definition) is 3. The van der Waals surface area contributed by atoms with Crippen molar-refractivity contribution in [3.8, 4) is 0 Å². The van der Waals surface area contributed by atoms with Crippen molar-refractivity contribution < 1.29 is 23.9 Å². The summed E-state index contributed by atoms with van der Waals surface area (Å²) in [6, 6.07) is 10.7. The summed E-state index contributed by atoms with van der Waals surface area (Å²) in [5.41, 5.74) is 1.44. The largest absolute Gasteiger partial charge is 0.478 e. The van der Waals surface area contributed by atoms with Gasteiger partial charge in [-0.3, -0.25) is 9.59 Å². The van der Waals surface area contributed by atoms with Crippen molar-refractivity contribution in [1.82, 2.24) is 0 Å². The van der Waals surface area contributed by atoms with Gasteiger partial charge in [0.15, 0.2) is 0 Å². The first kappa shape index (κ1) is 18.6. The second kappa shape index (κ2) is 7.57. The van der Waals surface area contributed by atoms with E-state index in [1.165, 1.54) is 0 Å². The maximum Gasteiger partial charge on any atom is 0.335 e. The standard InChI is InChI=1S/C20H19FN2O4/c1-2-12-5-3-4-6-17(12)23-11-14(10-18(23)24)19(25)22-16-9-13(20(26)27)7-8-15(16)21/h3-9,14H,2,10-11H2,1H3,(H,22,25)(H,26,27). The number of halogens is 1. The molecule has 27 heavy (non-hydrogen) atoms. The molecule has 1 aliphatic rings. The van der Waals surface area contributed by atoms with E-state index in [-0.39, 0.29) is 30.1 Å². The van der Waals surface area contributed by atoms with Crippen LogP contribution in [0.1, 0.15) is 29.3 Å². The summed E-state index contributed by atoms with van der Waals surface area (Å²) in [6.45, 7) is 2.18. The highest BCUT2D eigenvalue weighted by atomic mass is 19.1. The number of carboxylic acid groups (broad SMARTS) is 1. The molecule has 0 radical (unpaired) electrons. The van der Waals surface area contributed by atoms with Crippen LogP contribution in [-0.2, 0) is 16.0 Å². The van der Waals surface area contributed by atoms with Crippen LogP contribution in [0.25, 0.3) is 0 Å². The summed E-state index contributed by atoms with van der Waals surface area (Å²) in [4.78, 5) is 37.5.